The van der Waals surface area contributed by atoms with Crippen molar-refractivity contribution in [3.63, 3.8) is 0 Å². The van der Waals surface area contributed by atoms with Crippen molar-refractivity contribution in [1.29, 1.82) is 0 Å². The fourth-order valence-corrected chi connectivity index (χ4v) is 1.75. The molecule has 0 bridgehead atoms. The first-order valence-corrected chi connectivity index (χ1v) is 4.51. The van der Waals surface area contributed by atoms with Gasteiger partial charge in [0.15, 0.2) is 0 Å². The molecular formula is C10H11FN2O. The van der Waals surface area contributed by atoms with Crippen LogP contribution in [-0.2, 0) is 4.79 Å². The zero-order valence-electron chi connectivity index (χ0n) is 7.59. The number of nitrogens with one attached hydrogen (secondary N) is 1. The topological polar surface area (TPSA) is 55.1 Å². The molecular weight excluding hydrogens is 183 g/mol. The quantitative estimate of drug-likeness (QED) is 0.663. The summed E-state index contributed by atoms with van der Waals surface area (Å²) in [5.41, 5.74) is 6.47. The Balaban J connectivity index is 2.36. The average molecular weight is 194 g/mol. The van der Waals surface area contributed by atoms with Gasteiger partial charge in [0, 0.05) is 17.7 Å². The highest BCUT2D eigenvalue weighted by atomic mass is 19.1. The van der Waals surface area contributed by atoms with Gasteiger partial charge in [-0.1, -0.05) is 6.07 Å². The van der Waals surface area contributed by atoms with Gasteiger partial charge in [0.25, 0.3) is 0 Å². The fourth-order valence-electron chi connectivity index (χ4n) is 1.75. The van der Waals surface area contributed by atoms with Crippen molar-refractivity contribution in [1.82, 2.24) is 5.32 Å². The summed E-state index contributed by atoms with van der Waals surface area (Å²) in [5, 5.41) is 2.69. The first-order chi connectivity index (χ1) is 6.68. The second kappa shape index (κ2) is 3.29. The minimum Gasteiger partial charge on any atom is -0.398 e. The van der Waals surface area contributed by atoms with Crippen molar-refractivity contribution >= 4 is 11.6 Å². The summed E-state index contributed by atoms with van der Waals surface area (Å²) in [6, 6.07) is 4.30. The fraction of sp³-hybridized carbons (Fsp3) is 0.300. The third-order valence-electron chi connectivity index (χ3n) is 2.43. The number of hydrogen-bond donors (Lipinski definition) is 2. The van der Waals surface area contributed by atoms with Crippen LogP contribution in [0.3, 0.4) is 0 Å². The smallest absolute Gasteiger partial charge is 0.220 e. The highest BCUT2D eigenvalue weighted by molar-refractivity contribution is 5.79. The van der Waals surface area contributed by atoms with Gasteiger partial charge in [-0.05, 0) is 18.6 Å². The molecule has 1 fully saturated rings. The minimum absolute atomic E-state index is 0.0438. The van der Waals surface area contributed by atoms with Crippen LogP contribution < -0.4 is 11.1 Å². The highest BCUT2D eigenvalue weighted by Crippen LogP contribution is 2.29. The van der Waals surface area contributed by atoms with Gasteiger partial charge in [-0.25, -0.2) is 4.39 Å². The van der Waals surface area contributed by atoms with Crippen LogP contribution >= 0.6 is 0 Å². The monoisotopic (exact) mass is 194 g/mol. The molecule has 4 heteroatoms. The summed E-state index contributed by atoms with van der Waals surface area (Å²) in [7, 11) is 0. The molecule has 1 aromatic rings. The molecule has 1 aliphatic rings. The number of nitrogens with two attached hydrogens (primary N) is 1. The molecule has 1 amide bonds. The molecule has 3 N–H and O–H groups in total. The number of rotatable bonds is 1. The Labute approximate surface area is 81.1 Å². The lowest BCUT2D eigenvalue weighted by Gasteiger charge is -2.13. The maximum atomic E-state index is 13.4. The average Bonchev–Trinajstić information content (AvgIpc) is 2.51. The third kappa shape index (κ3) is 1.43. The number of hydrogen-bond acceptors (Lipinski definition) is 2. The van der Waals surface area contributed by atoms with Crippen LogP contribution in [0.5, 0.6) is 0 Å². The van der Waals surface area contributed by atoms with Gasteiger partial charge in [0.1, 0.15) is 5.82 Å². The molecule has 0 aliphatic carbocycles. The molecule has 0 saturated carbocycles. The molecule has 0 spiro atoms. The van der Waals surface area contributed by atoms with E-state index >= 15 is 0 Å². The minimum atomic E-state index is -0.350. The summed E-state index contributed by atoms with van der Waals surface area (Å²) in [4.78, 5) is 11.0. The van der Waals surface area contributed by atoms with Gasteiger partial charge < -0.3 is 11.1 Å². The summed E-state index contributed by atoms with van der Waals surface area (Å²) in [5.74, 6) is -0.394. The maximum absolute atomic E-state index is 13.4. The van der Waals surface area contributed by atoms with E-state index in [0.29, 0.717) is 24.1 Å². The van der Waals surface area contributed by atoms with Gasteiger partial charge in [0.2, 0.25) is 5.91 Å². The van der Waals surface area contributed by atoms with Gasteiger partial charge in [-0.15, -0.1) is 0 Å². The summed E-state index contributed by atoms with van der Waals surface area (Å²) in [6.07, 6.45) is 1.06. The predicted octanol–water partition coefficient (Wildman–Crippen LogP) is 1.36. The third-order valence-corrected chi connectivity index (χ3v) is 2.43. The van der Waals surface area contributed by atoms with Gasteiger partial charge in [-0.3, -0.25) is 4.79 Å². The van der Waals surface area contributed by atoms with E-state index in [1.165, 1.54) is 6.07 Å². The molecule has 1 unspecified atom stereocenters. The second-order valence-corrected chi connectivity index (χ2v) is 3.40. The molecule has 1 atom stereocenters. The Kier molecular flexibility index (Phi) is 2.11. The molecule has 1 heterocycles. The van der Waals surface area contributed by atoms with Crippen molar-refractivity contribution in [3.8, 4) is 0 Å². The Bertz CT molecular complexity index is 358. The summed E-state index contributed by atoms with van der Waals surface area (Å²) in [6.45, 7) is 0. The van der Waals surface area contributed by atoms with E-state index in [1.807, 2.05) is 0 Å². The van der Waals surface area contributed by atoms with Crippen LogP contribution in [0.2, 0.25) is 0 Å². The highest BCUT2D eigenvalue weighted by Gasteiger charge is 2.26. The Hall–Kier alpha value is -1.58. The molecule has 0 aromatic heterocycles. The SMILES string of the molecule is Nc1cccc(F)c1C1CCC(=O)N1. The van der Waals surface area contributed by atoms with Crippen LogP contribution in [0.15, 0.2) is 18.2 Å². The van der Waals surface area contributed by atoms with Crippen molar-refractivity contribution < 1.29 is 9.18 Å². The van der Waals surface area contributed by atoms with Gasteiger partial charge in [0.05, 0.1) is 6.04 Å². The number of amides is 1. The van der Waals surface area contributed by atoms with Gasteiger partial charge in [-0.2, -0.15) is 0 Å². The van der Waals surface area contributed by atoms with Crippen LogP contribution in [-0.4, -0.2) is 5.91 Å². The van der Waals surface area contributed by atoms with E-state index < -0.39 is 0 Å². The zero-order chi connectivity index (χ0) is 10.1. The lowest BCUT2D eigenvalue weighted by Crippen LogP contribution is -2.20. The van der Waals surface area contributed by atoms with E-state index in [-0.39, 0.29) is 17.8 Å². The zero-order valence-corrected chi connectivity index (χ0v) is 7.59. The molecule has 1 aliphatic heterocycles. The van der Waals surface area contributed by atoms with Crippen molar-refractivity contribution in [2.45, 2.75) is 18.9 Å². The molecule has 1 aromatic carbocycles. The number of carbonyl (C=O) groups is 1. The Morgan fingerprint density at radius 2 is 2.29 bits per heavy atom. The molecule has 0 radical (unpaired) electrons. The number of halogens is 1. The molecule has 2 rings (SSSR count). The number of anilines is 1. The summed E-state index contributed by atoms with van der Waals surface area (Å²) >= 11 is 0. The van der Waals surface area contributed by atoms with Crippen molar-refractivity contribution in [3.05, 3.63) is 29.6 Å². The van der Waals surface area contributed by atoms with Crippen molar-refractivity contribution in [2.75, 3.05) is 5.73 Å². The lowest BCUT2D eigenvalue weighted by atomic mass is 10.0. The molecule has 74 valence electrons. The normalized spacial score (nSPS) is 20.9. The molecule has 3 nitrogen and oxygen atoms in total. The van der Waals surface area contributed by atoms with Crippen LogP contribution in [0.25, 0.3) is 0 Å². The Morgan fingerprint density at radius 1 is 1.50 bits per heavy atom. The lowest BCUT2D eigenvalue weighted by molar-refractivity contribution is -0.119. The van der Waals surface area contributed by atoms with E-state index in [2.05, 4.69) is 5.32 Å². The van der Waals surface area contributed by atoms with Crippen LogP contribution in [0, 0.1) is 5.82 Å². The van der Waals surface area contributed by atoms with Crippen LogP contribution in [0.4, 0.5) is 10.1 Å². The number of benzene rings is 1. The molecule has 14 heavy (non-hydrogen) atoms. The number of carbonyl (C=O) groups excluding carboxylic acids is 1. The van der Waals surface area contributed by atoms with Crippen molar-refractivity contribution in [2.24, 2.45) is 0 Å². The predicted molar refractivity (Wildman–Crippen MR) is 50.9 cm³/mol. The Morgan fingerprint density at radius 3 is 2.86 bits per heavy atom. The number of nitrogen functional groups attached to an aromatic ring is 1. The van der Waals surface area contributed by atoms with Crippen LogP contribution in [0.1, 0.15) is 24.4 Å². The first kappa shape index (κ1) is 8.99. The largest absolute Gasteiger partial charge is 0.398 e. The van der Waals surface area contributed by atoms with E-state index in [4.69, 9.17) is 5.73 Å². The molecule has 1 saturated heterocycles. The maximum Gasteiger partial charge on any atom is 0.220 e. The first-order valence-electron chi connectivity index (χ1n) is 4.51. The van der Waals surface area contributed by atoms with E-state index in [1.54, 1.807) is 12.1 Å². The second-order valence-electron chi connectivity index (χ2n) is 3.40. The van der Waals surface area contributed by atoms with E-state index in [9.17, 15) is 9.18 Å². The standard InChI is InChI=1S/C10H11FN2O/c11-6-2-1-3-7(12)10(6)8-4-5-9(14)13-8/h1-3,8H,4-5,12H2,(H,13,14). The summed E-state index contributed by atoms with van der Waals surface area (Å²) < 4.78 is 13.4. The van der Waals surface area contributed by atoms with Gasteiger partial charge >= 0.3 is 0 Å². The van der Waals surface area contributed by atoms with E-state index in [0.717, 1.165) is 0 Å².